The fourth-order valence-electron chi connectivity index (χ4n) is 2.06. The third kappa shape index (κ3) is 3.39. The molecule has 23 heavy (non-hydrogen) atoms. The van der Waals surface area contributed by atoms with E-state index >= 15 is 0 Å². The molecular formula is C16H18N4O2S. The molecule has 0 unspecified atom stereocenters. The quantitative estimate of drug-likeness (QED) is 0.479. The Hall–Kier alpha value is -2.28. The van der Waals surface area contributed by atoms with Crippen molar-refractivity contribution in [1.82, 2.24) is 19.7 Å². The molecule has 0 radical (unpaired) electrons. The minimum atomic E-state index is 0.330. The molecule has 0 aliphatic heterocycles. The highest BCUT2D eigenvalue weighted by atomic mass is 32.2. The van der Waals surface area contributed by atoms with Gasteiger partial charge in [-0.1, -0.05) is 31.7 Å². The minimum Gasteiger partial charge on any atom is -0.461 e. The molecule has 120 valence electrons. The Bertz CT molecular complexity index is 774. The summed E-state index contributed by atoms with van der Waals surface area (Å²) in [7, 11) is 0. The van der Waals surface area contributed by atoms with E-state index in [1.165, 1.54) is 11.8 Å². The molecule has 0 saturated heterocycles. The predicted octanol–water partition coefficient (Wildman–Crippen LogP) is 4.13. The van der Waals surface area contributed by atoms with Crippen molar-refractivity contribution in [3.63, 3.8) is 0 Å². The van der Waals surface area contributed by atoms with Crippen molar-refractivity contribution in [1.29, 1.82) is 0 Å². The monoisotopic (exact) mass is 330 g/mol. The Morgan fingerprint density at radius 2 is 2.26 bits per heavy atom. The van der Waals surface area contributed by atoms with Crippen molar-refractivity contribution in [2.45, 2.75) is 37.2 Å². The van der Waals surface area contributed by atoms with E-state index in [1.807, 2.05) is 22.8 Å². The van der Waals surface area contributed by atoms with Crippen LogP contribution in [-0.2, 0) is 12.3 Å². The van der Waals surface area contributed by atoms with Gasteiger partial charge in [-0.25, -0.2) is 4.98 Å². The lowest BCUT2D eigenvalue weighted by molar-refractivity contribution is 0.453. The summed E-state index contributed by atoms with van der Waals surface area (Å²) in [6.45, 7) is 8.55. The Kier molecular flexibility index (Phi) is 4.66. The SMILES string of the molecule is C=CCn1c(SCc2ncc(C(C)C)o2)nnc1-c1ccco1. The maximum absolute atomic E-state index is 5.72. The van der Waals surface area contributed by atoms with Crippen LogP contribution in [0.4, 0.5) is 0 Å². The zero-order valence-electron chi connectivity index (χ0n) is 13.1. The van der Waals surface area contributed by atoms with Crippen LogP contribution >= 0.6 is 11.8 Å². The molecule has 3 rings (SSSR count). The first-order valence-electron chi connectivity index (χ1n) is 7.34. The maximum atomic E-state index is 5.72. The summed E-state index contributed by atoms with van der Waals surface area (Å²) in [5.74, 6) is 3.88. The second-order valence-corrected chi connectivity index (χ2v) is 6.23. The van der Waals surface area contributed by atoms with Gasteiger partial charge in [0, 0.05) is 12.5 Å². The van der Waals surface area contributed by atoms with E-state index in [0.717, 1.165) is 10.9 Å². The number of oxazole rings is 1. The minimum absolute atomic E-state index is 0.330. The molecule has 0 aliphatic rings. The first-order chi connectivity index (χ1) is 11.2. The van der Waals surface area contributed by atoms with Gasteiger partial charge < -0.3 is 8.83 Å². The largest absolute Gasteiger partial charge is 0.461 e. The van der Waals surface area contributed by atoms with Crippen LogP contribution < -0.4 is 0 Å². The number of nitrogens with zero attached hydrogens (tertiary/aromatic N) is 4. The third-order valence-electron chi connectivity index (χ3n) is 3.24. The van der Waals surface area contributed by atoms with E-state index in [2.05, 4.69) is 35.6 Å². The average molecular weight is 330 g/mol. The van der Waals surface area contributed by atoms with Crippen LogP contribution in [0.25, 0.3) is 11.6 Å². The first kappa shape index (κ1) is 15.6. The van der Waals surface area contributed by atoms with Gasteiger partial charge in [0.2, 0.25) is 11.7 Å². The van der Waals surface area contributed by atoms with Gasteiger partial charge in [-0.2, -0.15) is 0 Å². The third-order valence-corrected chi connectivity index (χ3v) is 4.19. The van der Waals surface area contributed by atoms with E-state index in [1.54, 1.807) is 12.5 Å². The summed E-state index contributed by atoms with van der Waals surface area (Å²) in [5, 5.41) is 9.25. The smallest absolute Gasteiger partial charge is 0.204 e. The fraction of sp³-hybridized carbons (Fsp3) is 0.312. The van der Waals surface area contributed by atoms with Crippen molar-refractivity contribution >= 4 is 11.8 Å². The fourth-order valence-corrected chi connectivity index (χ4v) is 2.86. The van der Waals surface area contributed by atoms with Crippen molar-refractivity contribution in [2.75, 3.05) is 0 Å². The highest BCUT2D eigenvalue weighted by molar-refractivity contribution is 7.98. The summed E-state index contributed by atoms with van der Waals surface area (Å²) < 4.78 is 13.1. The van der Waals surface area contributed by atoms with Crippen LogP contribution in [-0.4, -0.2) is 19.7 Å². The topological polar surface area (TPSA) is 69.9 Å². The molecule has 0 amide bonds. The average Bonchev–Trinajstić information content (AvgIpc) is 3.26. The standard InChI is InChI=1S/C16H18N4O2S/c1-4-7-20-15(12-6-5-8-21-12)18-19-16(20)23-10-14-17-9-13(22-14)11(2)3/h4-6,8-9,11H,1,7,10H2,2-3H3. The number of hydrogen-bond acceptors (Lipinski definition) is 6. The molecule has 0 N–H and O–H groups in total. The highest BCUT2D eigenvalue weighted by Gasteiger charge is 2.16. The Morgan fingerprint density at radius 1 is 1.39 bits per heavy atom. The number of hydrogen-bond donors (Lipinski definition) is 0. The van der Waals surface area contributed by atoms with Crippen molar-refractivity contribution < 1.29 is 8.83 Å². The van der Waals surface area contributed by atoms with Gasteiger partial charge in [-0.05, 0) is 12.1 Å². The predicted molar refractivity (Wildman–Crippen MR) is 88.1 cm³/mol. The van der Waals surface area contributed by atoms with Gasteiger partial charge in [-0.3, -0.25) is 4.57 Å². The molecule has 0 spiro atoms. The molecule has 0 aromatic carbocycles. The van der Waals surface area contributed by atoms with E-state index in [-0.39, 0.29) is 0 Å². The molecule has 0 fully saturated rings. The number of furan rings is 1. The van der Waals surface area contributed by atoms with Gasteiger partial charge in [0.05, 0.1) is 18.2 Å². The van der Waals surface area contributed by atoms with Crippen LogP contribution in [0.3, 0.4) is 0 Å². The highest BCUT2D eigenvalue weighted by Crippen LogP contribution is 2.27. The first-order valence-corrected chi connectivity index (χ1v) is 8.33. The molecule has 3 heterocycles. The van der Waals surface area contributed by atoms with Gasteiger partial charge in [0.15, 0.2) is 10.9 Å². The molecular weight excluding hydrogens is 312 g/mol. The molecule has 0 aliphatic carbocycles. The second kappa shape index (κ2) is 6.87. The molecule has 0 bridgehead atoms. The van der Waals surface area contributed by atoms with E-state index in [0.29, 0.717) is 35.7 Å². The summed E-state index contributed by atoms with van der Waals surface area (Å²) in [4.78, 5) is 4.30. The summed E-state index contributed by atoms with van der Waals surface area (Å²) >= 11 is 1.53. The number of thioether (sulfide) groups is 1. The number of allylic oxidation sites excluding steroid dienone is 1. The van der Waals surface area contributed by atoms with Gasteiger partial charge in [-0.15, -0.1) is 16.8 Å². The van der Waals surface area contributed by atoms with Crippen molar-refractivity contribution in [3.05, 3.63) is 48.9 Å². The van der Waals surface area contributed by atoms with E-state index in [4.69, 9.17) is 8.83 Å². The summed E-state index contributed by atoms with van der Waals surface area (Å²) in [6.07, 6.45) is 5.21. The van der Waals surface area contributed by atoms with Crippen molar-refractivity contribution in [2.24, 2.45) is 0 Å². The second-order valence-electron chi connectivity index (χ2n) is 5.28. The van der Waals surface area contributed by atoms with Crippen LogP contribution in [0, 0.1) is 0 Å². The zero-order valence-corrected chi connectivity index (χ0v) is 13.9. The molecule has 0 atom stereocenters. The lowest BCUT2D eigenvalue weighted by Crippen LogP contribution is -2.00. The normalized spacial score (nSPS) is 11.3. The molecule has 7 heteroatoms. The number of rotatable bonds is 7. The Labute approximate surface area is 138 Å². The van der Waals surface area contributed by atoms with Gasteiger partial charge >= 0.3 is 0 Å². The van der Waals surface area contributed by atoms with E-state index in [9.17, 15) is 0 Å². The summed E-state index contributed by atoms with van der Waals surface area (Å²) in [6, 6.07) is 3.69. The van der Waals surface area contributed by atoms with Crippen LogP contribution in [0.1, 0.15) is 31.4 Å². The lowest BCUT2D eigenvalue weighted by atomic mass is 10.2. The zero-order chi connectivity index (χ0) is 16.2. The molecule has 0 saturated carbocycles. The van der Waals surface area contributed by atoms with E-state index < -0.39 is 0 Å². The van der Waals surface area contributed by atoms with Crippen LogP contribution in [0.5, 0.6) is 0 Å². The molecule has 3 aromatic heterocycles. The molecule has 6 nitrogen and oxygen atoms in total. The van der Waals surface area contributed by atoms with Gasteiger partial charge in [0.25, 0.3) is 0 Å². The Balaban J connectivity index is 1.78. The maximum Gasteiger partial charge on any atom is 0.204 e. The van der Waals surface area contributed by atoms with Gasteiger partial charge in [0.1, 0.15) is 5.76 Å². The van der Waals surface area contributed by atoms with Crippen LogP contribution in [0.15, 0.2) is 51.2 Å². The molecule has 3 aromatic rings. The Morgan fingerprint density at radius 3 is 2.91 bits per heavy atom. The number of aromatic nitrogens is 4. The van der Waals surface area contributed by atoms with Crippen molar-refractivity contribution in [3.8, 4) is 11.6 Å². The van der Waals surface area contributed by atoms with Crippen LogP contribution in [0.2, 0.25) is 0 Å². The summed E-state index contributed by atoms with van der Waals surface area (Å²) in [5.41, 5.74) is 0. The lowest BCUT2D eigenvalue weighted by Gasteiger charge is -2.05.